The van der Waals surface area contributed by atoms with Gasteiger partial charge in [0.2, 0.25) is 0 Å². The molecule has 3 nitrogen and oxygen atoms in total. The molecule has 1 N–H and O–H groups in total. The average Bonchev–Trinajstić information content (AvgIpc) is 2.77. The molecule has 0 aromatic heterocycles. The predicted molar refractivity (Wildman–Crippen MR) is 123 cm³/mol. The lowest BCUT2D eigenvalue weighted by molar-refractivity contribution is 0.305. The Hall–Kier alpha value is -3.14. The average molecular weight is 436 g/mol. The second-order valence-electron chi connectivity index (χ2n) is 6.60. The fourth-order valence-electron chi connectivity index (χ4n) is 2.89. The van der Waals surface area contributed by atoms with Gasteiger partial charge in [0.05, 0.1) is 15.7 Å². The van der Waals surface area contributed by atoms with Crippen molar-refractivity contribution in [2.75, 3.05) is 5.32 Å². The van der Waals surface area contributed by atoms with Crippen LogP contribution in [0.4, 0.5) is 11.4 Å². The van der Waals surface area contributed by atoms with Gasteiger partial charge in [0, 0.05) is 5.69 Å². The third-order valence-corrected chi connectivity index (χ3v) is 5.00. The Labute approximate surface area is 185 Å². The molecule has 4 rings (SSSR count). The van der Waals surface area contributed by atoms with Gasteiger partial charge < -0.3 is 14.8 Å². The molecule has 150 valence electrons. The Morgan fingerprint density at radius 3 is 2.03 bits per heavy atom. The van der Waals surface area contributed by atoms with Crippen LogP contribution in [0.25, 0.3) is 0 Å². The zero-order chi connectivity index (χ0) is 20.8. The normalized spacial score (nSPS) is 10.5. The number of nitrogens with one attached hydrogen (secondary N) is 1. The van der Waals surface area contributed by atoms with Crippen LogP contribution in [-0.4, -0.2) is 0 Å². The number of anilines is 2. The van der Waals surface area contributed by atoms with E-state index in [1.807, 2.05) is 84.9 Å². The lowest BCUT2D eigenvalue weighted by Crippen LogP contribution is -1.97. The highest BCUT2D eigenvalue weighted by molar-refractivity contribution is 6.39. The first-order valence-corrected chi connectivity index (χ1v) is 10.2. The number of hydrogen-bond donors (Lipinski definition) is 1. The third-order valence-electron chi connectivity index (χ3n) is 4.37. The number of hydrogen-bond acceptors (Lipinski definition) is 3. The zero-order valence-electron chi connectivity index (χ0n) is 16.0. The first kappa shape index (κ1) is 20.1. The van der Waals surface area contributed by atoms with E-state index >= 15 is 0 Å². The summed E-state index contributed by atoms with van der Waals surface area (Å²) in [6, 6.07) is 30.6. The van der Waals surface area contributed by atoms with Crippen molar-refractivity contribution in [1.29, 1.82) is 0 Å². The molecule has 0 atom stereocenters. The van der Waals surface area contributed by atoms with Crippen molar-refractivity contribution in [2.45, 2.75) is 6.61 Å². The highest BCUT2D eigenvalue weighted by Crippen LogP contribution is 2.33. The SMILES string of the molecule is Clc1cccc(Cl)c1Nc1ccc(OCc2cccc(Oc3ccccc3)c2)cc1. The second-order valence-corrected chi connectivity index (χ2v) is 7.41. The minimum atomic E-state index is 0.440. The monoisotopic (exact) mass is 435 g/mol. The van der Waals surface area contributed by atoms with Crippen LogP contribution in [0.2, 0.25) is 10.0 Å². The number of rotatable bonds is 7. The molecule has 0 amide bonds. The Bertz CT molecular complexity index is 1100. The topological polar surface area (TPSA) is 30.5 Å². The summed E-state index contributed by atoms with van der Waals surface area (Å²) in [4.78, 5) is 0. The standard InChI is InChI=1S/C25H19Cl2NO2/c26-23-10-5-11-24(27)25(23)28-19-12-14-20(15-13-19)29-17-18-6-4-9-22(16-18)30-21-7-2-1-3-8-21/h1-16,28H,17H2. The van der Waals surface area contributed by atoms with Crippen molar-refractivity contribution in [1.82, 2.24) is 0 Å². The lowest BCUT2D eigenvalue weighted by Gasteiger charge is -2.12. The van der Waals surface area contributed by atoms with Gasteiger partial charge in [-0.05, 0) is 66.2 Å². The van der Waals surface area contributed by atoms with Crippen molar-refractivity contribution in [3.63, 3.8) is 0 Å². The number of halogens is 2. The Balaban J connectivity index is 1.37. The summed E-state index contributed by atoms with van der Waals surface area (Å²) in [6.07, 6.45) is 0. The molecule has 4 aromatic rings. The van der Waals surface area contributed by atoms with Crippen molar-refractivity contribution in [3.8, 4) is 17.2 Å². The van der Waals surface area contributed by atoms with E-state index in [0.717, 1.165) is 28.5 Å². The van der Waals surface area contributed by atoms with Gasteiger partial charge in [-0.1, -0.05) is 59.6 Å². The van der Waals surface area contributed by atoms with Gasteiger partial charge in [0.1, 0.15) is 23.9 Å². The lowest BCUT2D eigenvalue weighted by atomic mass is 10.2. The van der Waals surface area contributed by atoms with Crippen molar-refractivity contribution in [2.24, 2.45) is 0 Å². The highest BCUT2D eigenvalue weighted by Gasteiger charge is 2.06. The van der Waals surface area contributed by atoms with E-state index in [0.29, 0.717) is 22.3 Å². The molecule has 0 bridgehead atoms. The van der Waals surface area contributed by atoms with Gasteiger partial charge in [-0.3, -0.25) is 0 Å². The van der Waals surface area contributed by atoms with E-state index < -0.39 is 0 Å². The summed E-state index contributed by atoms with van der Waals surface area (Å²) >= 11 is 12.4. The molecule has 0 aliphatic rings. The highest BCUT2D eigenvalue weighted by atomic mass is 35.5. The molecule has 0 spiro atoms. The van der Waals surface area contributed by atoms with E-state index in [9.17, 15) is 0 Å². The summed E-state index contributed by atoms with van der Waals surface area (Å²) in [6.45, 7) is 0.440. The van der Waals surface area contributed by atoms with Gasteiger partial charge >= 0.3 is 0 Å². The zero-order valence-corrected chi connectivity index (χ0v) is 17.5. The molecular weight excluding hydrogens is 417 g/mol. The van der Waals surface area contributed by atoms with Gasteiger partial charge in [-0.25, -0.2) is 0 Å². The Morgan fingerprint density at radius 1 is 0.633 bits per heavy atom. The summed E-state index contributed by atoms with van der Waals surface area (Å²) in [5.74, 6) is 2.34. The van der Waals surface area contributed by atoms with Crippen LogP contribution in [0.15, 0.2) is 97.1 Å². The number of benzene rings is 4. The molecule has 0 aliphatic carbocycles. The van der Waals surface area contributed by atoms with Gasteiger partial charge in [0.25, 0.3) is 0 Å². The van der Waals surface area contributed by atoms with Crippen molar-refractivity contribution in [3.05, 3.63) is 113 Å². The molecule has 0 fully saturated rings. The molecule has 0 radical (unpaired) electrons. The Morgan fingerprint density at radius 2 is 1.30 bits per heavy atom. The Kier molecular flexibility index (Phi) is 6.43. The molecular formula is C25H19Cl2NO2. The van der Waals surface area contributed by atoms with Crippen LogP contribution in [0.3, 0.4) is 0 Å². The summed E-state index contributed by atoms with van der Waals surface area (Å²) < 4.78 is 11.8. The van der Waals surface area contributed by atoms with Crippen LogP contribution in [0.5, 0.6) is 17.2 Å². The van der Waals surface area contributed by atoms with Crippen LogP contribution >= 0.6 is 23.2 Å². The minimum Gasteiger partial charge on any atom is -0.489 e. The molecule has 0 heterocycles. The third kappa shape index (κ3) is 5.26. The first-order chi connectivity index (χ1) is 14.7. The summed E-state index contributed by atoms with van der Waals surface area (Å²) in [5.41, 5.74) is 2.58. The van der Waals surface area contributed by atoms with E-state index in [4.69, 9.17) is 32.7 Å². The summed E-state index contributed by atoms with van der Waals surface area (Å²) in [7, 11) is 0. The molecule has 0 saturated carbocycles. The fourth-order valence-corrected chi connectivity index (χ4v) is 3.38. The van der Waals surface area contributed by atoms with Crippen LogP contribution in [0.1, 0.15) is 5.56 Å². The van der Waals surface area contributed by atoms with Gasteiger partial charge in [0.15, 0.2) is 0 Å². The molecule has 0 aliphatic heterocycles. The molecule has 0 saturated heterocycles. The van der Waals surface area contributed by atoms with Gasteiger partial charge in [-0.15, -0.1) is 0 Å². The maximum Gasteiger partial charge on any atom is 0.127 e. The molecule has 4 aromatic carbocycles. The maximum atomic E-state index is 6.21. The first-order valence-electron chi connectivity index (χ1n) is 9.43. The van der Waals surface area contributed by atoms with Crippen molar-refractivity contribution >= 4 is 34.6 Å². The number of para-hydroxylation sites is 2. The van der Waals surface area contributed by atoms with E-state index in [1.165, 1.54) is 0 Å². The van der Waals surface area contributed by atoms with Gasteiger partial charge in [-0.2, -0.15) is 0 Å². The molecule has 5 heteroatoms. The van der Waals surface area contributed by atoms with Crippen molar-refractivity contribution < 1.29 is 9.47 Å². The largest absolute Gasteiger partial charge is 0.489 e. The smallest absolute Gasteiger partial charge is 0.127 e. The predicted octanol–water partition coefficient (Wildman–Crippen LogP) is 8.11. The molecule has 0 unspecified atom stereocenters. The molecule has 30 heavy (non-hydrogen) atoms. The summed E-state index contributed by atoms with van der Waals surface area (Å²) in [5, 5.41) is 4.38. The maximum absolute atomic E-state index is 6.21. The van der Waals surface area contributed by atoms with E-state index in [1.54, 1.807) is 12.1 Å². The fraction of sp³-hybridized carbons (Fsp3) is 0.0400. The van der Waals surface area contributed by atoms with E-state index in [2.05, 4.69) is 5.32 Å². The van der Waals surface area contributed by atoms with Crippen LogP contribution < -0.4 is 14.8 Å². The number of ether oxygens (including phenoxy) is 2. The second kappa shape index (κ2) is 9.57. The van der Waals surface area contributed by atoms with Crippen LogP contribution in [0, 0.1) is 0 Å². The minimum absolute atomic E-state index is 0.440. The van der Waals surface area contributed by atoms with E-state index in [-0.39, 0.29) is 0 Å². The van der Waals surface area contributed by atoms with Crippen LogP contribution in [-0.2, 0) is 6.61 Å². The quantitative estimate of drug-likeness (QED) is 0.317.